The van der Waals surface area contributed by atoms with E-state index < -0.39 is 0 Å². The number of nitrogens with zero attached hydrogens (tertiary/aromatic N) is 3. The average molecular weight is 345 g/mol. The first-order chi connectivity index (χ1) is 9.10. The van der Waals surface area contributed by atoms with E-state index in [9.17, 15) is 4.79 Å². The zero-order valence-corrected chi connectivity index (χ0v) is 12.1. The molecule has 19 heavy (non-hydrogen) atoms. The second kappa shape index (κ2) is 6.14. The van der Waals surface area contributed by atoms with Gasteiger partial charge in [-0.05, 0) is 34.1 Å². The normalized spacial score (nSPS) is 10.5. The van der Waals surface area contributed by atoms with Gasteiger partial charge in [0.2, 0.25) is 0 Å². The van der Waals surface area contributed by atoms with Gasteiger partial charge in [0.15, 0.2) is 5.69 Å². The fraction of sp³-hybridized carbons (Fsp3) is 0.182. The fourth-order valence-corrected chi connectivity index (χ4v) is 1.84. The molecule has 0 unspecified atom stereocenters. The minimum atomic E-state index is -0.346. The van der Waals surface area contributed by atoms with Gasteiger partial charge < -0.3 is 11.1 Å². The SMILES string of the molecule is NCCn1cc(C(=O)Nc2ccc(Br)c(Cl)c2)nn1. The molecule has 0 radical (unpaired) electrons. The van der Waals surface area contributed by atoms with Gasteiger partial charge in [0.1, 0.15) is 0 Å². The van der Waals surface area contributed by atoms with Gasteiger partial charge in [-0.25, -0.2) is 0 Å². The number of carbonyl (C=O) groups excluding carboxylic acids is 1. The number of nitrogens with two attached hydrogens (primary N) is 1. The number of amides is 1. The molecule has 0 aliphatic rings. The summed E-state index contributed by atoms with van der Waals surface area (Å²) in [5.74, 6) is -0.346. The molecular formula is C11H11BrClN5O. The van der Waals surface area contributed by atoms with E-state index in [4.69, 9.17) is 17.3 Å². The molecule has 100 valence electrons. The van der Waals surface area contributed by atoms with E-state index in [1.54, 1.807) is 24.4 Å². The predicted octanol–water partition coefficient (Wildman–Crippen LogP) is 1.90. The van der Waals surface area contributed by atoms with Gasteiger partial charge in [0.05, 0.1) is 17.8 Å². The van der Waals surface area contributed by atoms with Crippen LogP contribution in [-0.2, 0) is 6.54 Å². The van der Waals surface area contributed by atoms with Crippen LogP contribution >= 0.6 is 27.5 Å². The lowest BCUT2D eigenvalue weighted by atomic mass is 10.3. The monoisotopic (exact) mass is 343 g/mol. The maximum atomic E-state index is 11.9. The smallest absolute Gasteiger partial charge is 0.277 e. The Morgan fingerprint density at radius 2 is 2.32 bits per heavy atom. The zero-order chi connectivity index (χ0) is 13.8. The first-order valence-corrected chi connectivity index (χ1v) is 6.64. The Morgan fingerprint density at radius 1 is 1.53 bits per heavy atom. The van der Waals surface area contributed by atoms with Crippen LogP contribution in [0, 0.1) is 0 Å². The van der Waals surface area contributed by atoms with Gasteiger partial charge in [0, 0.05) is 16.7 Å². The average Bonchev–Trinajstić information content (AvgIpc) is 2.83. The topological polar surface area (TPSA) is 85.8 Å². The van der Waals surface area contributed by atoms with Crippen molar-refractivity contribution in [2.45, 2.75) is 6.54 Å². The summed E-state index contributed by atoms with van der Waals surface area (Å²) in [6, 6.07) is 5.13. The van der Waals surface area contributed by atoms with Crippen LogP contribution in [0.25, 0.3) is 0 Å². The van der Waals surface area contributed by atoms with Crippen molar-refractivity contribution < 1.29 is 4.79 Å². The molecule has 2 rings (SSSR count). The molecule has 0 spiro atoms. The van der Waals surface area contributed by atoms with Crippen LogP contribution in [0.4, 0.5) is 5.69 Å². The quantitative estimate of drug-likeness (QED) is 0.887. The summed E-state index contributed by atoms with van der Waals surface area (Å²) in [7, 11) is 0. The summed E-state index contributed by atoms with van der Waals surface area (Å²) in [5.41, 5.74) is 6.21. The van der Waals surface area contributed by atoms with Crippen molar-refractivity contribution in [2.24, 2.45) is 5.73 Å². The Kier molecular flexibility index (Phi) is 4.52. The van der Waals surface area contributed by atoms with Gasteiger partial charge in [-0.15, -0.1) is 5.10 Å². The molecule has 1 aromatic carbocycles. The van der Waals surface area contributed by atoms with Crippen molar-refractivity contribution in [3.05, 3.63) is 39.6 Å². The number of rotatable bonds is 4. The number of nitrogens with one attached hydrogen (secondary N) is 1. The third-order valence-electron chi connectivity index (χ3n) is 2.31. The predicted molar refractivity (Wildman–Crippen MR) is 76.2 cm³/mol. The molecule has 0 saturated carbocycles. The summed E-state index contributed by atoms with van der Waals surface area (Å²) >= 11 is 9.22. The summed E-state index contributed by atoms with van der Waals surface area (Å²) in [6.45, 7) is 0.955. The Balaban J connectivity index is 2.09. The van der Waals surface area contributed by atoms with Gasteiger partial charge in [-0.2, -0.15) is 0 Å². The highest BCUT2D eigenvalue weighted by molar-refractivity contribution is 9.10. The molecule has 3 N–H and O–H groups in total. The van der Waals surface area contributed by atoms with Crippen molar-refractivity contribution in [3.8, 4) is 0 Å². The third kappa shape index (κ3) is 3.52. The molecule has 0 atom stereocenters. The van der Waals surface area contributed by atoms with Crippen LogP contribution in [0.5, 0.6) is 0 Å². The molecule has 1 heterocycles. The molecule has 6 nitrogen and oxygen atoms in total. The number of hydrogen-bond acceptors (Lipinski definition) is 4. The minimum Gasteiger partial charge on any atom is -0.329 e. The Morgan fingerprint density at radius 3 is 3.00 bits per heavy atom. The highest BCUT2D eigenvalue weighted by Gasteiger charge is 2.11. The molecular weight excluding hydrogens is 334 g/mol. The van der Waals surface area contributed by atoms with Crippen LogP contribution in [0.15, 0.2) is 28.9 Å². The van der Waals surface area contributed by atoms with E-state index in [0.717, 1.165) is 4.47 Å². The van der Waals surface area contributed by atoms with E-state index in [-0.39, 0.29) is 11.6 Å². The lowest BCUT2D eigenvalue weighted by Crippen LogP contribution is -2.12. The Bertz CT molecular complexity index is 601. The number of anilines is 1. The summed E-state index contributed by atoms with van der Waals surface area (Å²) in [4.78, 5) is 11.9. The first kappa shape index (κ1) is 14.0. The lowest BCUT2D eigenvalue weighted by Gasteiger charge is -2.04. The third-order valence-corrected chi connectivity index (χ3v) is 3.54. The minimum absolute atomic E-state index is 0.229. The van der Waals surface area contributed by atoms with Crippen molar-refractivity contribution >= 4 is 39.1 Å². The standard InChI is InChI=1S/C11H11BrClN5O/c12-8-2-1-7(5-9(8)13)15-11(19)10-6-18(4-3-14)17-16-10/h1-2,5-6H,3-4,14H2,(H,15,19). The molecule has 0 fully saturated rings. The highest BCUT2D eigenvalue weighted by Crippen LogP contribution is 2.25. The van der Waals surface area contributed by atoms with E-state index in [1.165, 1.54) is 4.68 Å². The summed E-state index contributed by atoms with van der Waals surface area (Å²) in [5, 5.41) is 10.8. The second-order valence-corrected chi connectivity index (χ2v) is 5.00. The second-order valence-electron chi connectivity index (χ2n) is 3.74. The zero-order valence-electron chi connectivity index (χ0n) is 9.81. The number of benzene rings is 1. The maximum absolute atomic E-state index is 11.9. The first-order valence-electron chi connectivity index (χ1n) is 5.47. The number of carbonyl (C=O) groups is 1. The molecule has 0 saturated heterocycles. The lowest BCUT2D eigenvalue weighted by molar-refractivity contribution is 0.102. The number of hydrogen-bond donors (Lipinski definition) is 2. The van der Waals surface area contributed by atoms with E-state index in [2.05, 4.69) is 31.6 Å². The molecule has 0 bridgehead atoms. The van der Waals surface area contributed by atoms with Crippen LogP contribution < -0.4 is 11.1 Å². The molecule has 2 aromatic rings. The van der Waals surface area contributed by atoms with Crippen molar-refractivity contribution in [3.63, 3.8) is 0 Å². The molecule has 8 heteroatoms. The fourth-order valence-electron chi connectivity index (χ4n) is 1.41. The van der Waals surface area contributed by atoms with Crippen molar-refractivity contribution in [1.82, 2.24) is 15.0 Å². The van der Waals surface area contributed by atoms with Gasteiger partial charge in [-0.3, -0.25) is 9.48 Å². The molecule has 1 amide bonds. The van der Waals surface area contributed by atoms with Crippen LogP contribution in [0.2, 0.25) is 5.02 Å². The van der Waals surface area contributed by atoms with Gasteiger partial charge in [0.25, 0.3) is 5.91 Å². The Labute approximate surface area is 123 Å². The number of aromatic nitrogens is 3. The molecule has 0 aliphatic heterocycles. The highest BCUT2D eigenvalue weighted by atomic mass is 79.9. The van der Waals surface area contributed by atoms with E-state index >= 15 is 0 Å². The van der Waals surface area contributed by atoms with Crippen molar-refractivity contribution in [1.29, 1.82) is 0 Å². The molecule has 1 aromatic heterocycles. The molecule has 0 aliphatic carbocycles. The summed E-state index contributed by atoms with van der Waals surface area (Å²) < 4.78 is 2.28. The van der Waals surface area contributed by atoms with E-state index in [0.29, 0.717) is 23.8 Å². The number of halogens is 2. The van der Waals surface area contributed by atoms with Crippen molar-refractivity contribution in [2.75, 3.05) is 11.9 Å². The van der Waals surface area contributed by atoms with Crippen LogP contribution in [0.1, 0.15) is 10.5 Å². The largest absolute Gasteiger partial charge is 0.329 e. The van der Waals surface area contributed by atoms with Gasteiger partial charge in [-0.1, -0.05) is 16.8 Å². The van der Waals surface area contributed by atoms with Crippen LogP contribution in [-0.4, -0.2) is 27.4 Å². The van der Waals surface area contributed by atoms with Crippen LogP contribution in [0.3, 0.4) is 0 Å². The maximum Gasteiger partial charge on any atom is 0.277 e. The van der Waals surface area contributed by atoms with E-state index in [1.807, 2.05) is 0 Å². The Hall–Kier alpha value is -1.44. The van der Waals surface area contributed by atoms with Gasteiger partial charge >= 0.3 is 0 Å². The summed E-state index contributed by atoms with van der Waals surface area (Å²) in [6.07, 6.45) is 1.54.